The number of pyridine rings is 1. The summed E-state index contributed by atoms with van der Waals surface area (Å²) in [6, 6.07) is 6.87. The summed E-state index contributed by atoms with van der Waals surface area (Å²) < 4.78 is 10.5. The first-order valence-electron chi connectivity index (χ1n) is 8.06. The molecule has 132 valence electrons. The summed E-state index contributed by atoms with van der Waals surface area (Å²) in [4.78, 5) is 19.0. The van der Waals surface area contributed by atoms with Crippen molar-refractivity contribution in [1.29, 1.82) is 0 Å². The van der Waals surface area contributed by atoms with Crippen LogP contribution in [0.25, 0.3) is 0 Å². The zero-order valence-corrected chi connectivity index (χ0v) is 15.0. The topological polar surface area (TPSA) is 63.7 Å². The average Bonchev–Trinajstić information content (AvgIpc) is 3.17. The third kappa shape index (κ3) is 3.79. The fourth-order valence-electron chi connectivity index (χ4n) is 2.83. The maximum absolute atomic E-state index is 12.5. The van der Waals surface area contributed by atoms with Gasteiger partial charge in [-0.1, -0.05) is 11.6 Å². The van der Waals surface area contributed by atoms with Crippen molar-refractivity contribution in [2.24, 2.45) is 0 Å². The summed E-state index contributed by atoms with van der Waals surface area (Å²) in [5, 5.41) is 3.20. The number of rotatable bonds is 5. The maximum Gasteiger partial charge on any atom is 0.274 e. The summed E-state index contributed by atoms with van der Waals surface area (Å²) in [7, 11) is 3.02. The maximum atomic E-state index is 12.5. The Hall–Kier alpha value is -2.47. The molecule has 25 heavy (non-hydrogen) atoms. The minimum absolute atomic E-state index is 0.323. The van der Waals surface area contributed by atoms with E-state index >= 15 is 0 Å². The van der Waals surface area contributed by atoms with Crippen LogP contribution in [0.5, 0.6) is 11.5 Å². The largest absolute Gasteiger partial charge is 0.495 e. The molecule has 0 atom stereocenters. The van der Waals surface area contributed by atoms with Gasteiger partial charge in [0, 0.05) is 25.2 Å². The second-order valence-corrected chi connectivity index (χ2v) is 6.14. The molecular formula is C18H20ClN3O3. The number of amides is 1. The number of carbonyl (C=O) groups excluding carboxylic acids is 1. The van der Waals surface area contributed by atoms with Crippen LogP contribution >= 0.6 is 11.6 Å². The minimum Gasteiger partial charge on any atom is -0.495 e. The Labute approximate surface area is 151 Å². The fourth-order valence-corrected chi connectivity index (χ4v) is 3.06. The van der Waals surface area contributed by atoms with Crippen molar-refractivity contribution in [2.75, 3.05) is 37.5 Å². The zero-order valence-electron chi connectivity index (χ0n) is 14.2. The molecule has 0 aliphatic carbocycles. The lowest BCUT2D eigenvalue weighted by molar-refractivity contribution is 0.102. The molecule has 1 aromatic carbocycles. The van der Waals surface area contributed by atoms with Gasteiger partial charge in [-0.3, -0.25) is 4.79 Å². The fraction of sp³-hybridized carbons (Fsp3) is 0.333. The molecule has 0 radical (unpaired) electrons. The monoisotopic (exact) mass is 361 g/mol. The first-order chi connectivity index (χ1) is 12.1. The Kier molecular flexibility index (Phi) is 5.28. The molecule has 0 bridgehead atoms. The number of nitrogens with zero attached hydrogens (tertiary/aromatic N) is 2. The first-order valence-corrected chi connectivity index (χ1v) is 8.44. The van der Waals surface area contributed by atoms with Gasteiger partial charge in [-0.15, -0.1) is 0 Å². The minimum atomic E-state index is -0.323. The van der Waals surface area contributed by atoms with Gasteiger partial charge < -0.3 is 19.7 Å². The smallest absolute Gasteiger partial charge is 0.274 e. The van der Waals surface area contributed by atoms with E-state index < -0.39 is 0 Å². The molecule has 1 aromatic heterocycles. The van der Waals surface area contributed by atoms with Crippen molar-refractivity contribution in [3.05, 3.63) is 41.2 Å². The van der Waals surface area contributed by atoms with Crippen LogP contribution < -0.4 is 19.7 Å². The van der Waals surface area contributed by atoms with E-state index in [0.29, 0.717) is 27.9 Å². The Balaban J connectivity index is 1.77. The average molecular weight is 362 g/mol. The molecule has 1 aliphatic rings. The second-order valence-electron chi connectivity index (χ2n) is 5.74. The summed E-state index contributed by atoms with van der Waals surface area (Å²) in [6.07, 6.45) is 4.13. The van der Waals surface area contributed by atoms with Gasteiger partial charge in [-0.2, -0.15) is 0 Å². The number of aromatic nitrogens is 1. The van der Waals surface area contributed by atoms with Crippen LogP contribution in [0, 0.1) is 0 Å². The molecule has 1 amide bonds. The summed E-state index contributed by atoms with van der Waals surface area (Å²) >= 11 is 6.08. The molecule has 2 heterocycles. The van der Waals surface area contributed by atoms with Crippen LogP contribution in [0.15, 0.2) is 30.5 Å². The Bertz CT molecular complexity index is 759. The number of ether oxygens (including phenoxy) is 2. The molecule has 7 heteroatoms. The molecule has 0 spiro atoms. The molecule has 0 unspecified atom stereocenters. The number of anilines is 2. The van der Waals surface area contributed by atoms with Gasteiger partial charge in [0.15, 0.2) is 0 Å². The van der Waals surface area contributed by atoms with Gasteiger partial charge in [0.2, 0.25) is 0 Å². The van der Waals surface area contributed by atoms with E-state index in [4.69, 9.17) is 21.1 Å². The highest BCUT2D eigenvalue weighted by atomic mass is 35.5. The normalized spacial score (nSPS) is 13.6. The van der Waals surface area contributed by atoms with Crippen molar-refractivity contribution in [2.45, 2.75) is 12.8 Å². The summed E-state index contributed by atoms with van der Waals surface area (Å²) in [5.74, 6) is 0.582. The quantitative estimate of drug-likeness (QED) is 0.881. The number of hydrogen-bond acceptors (Lipinski definition) is 5. The van der Waals surface area contributed by atoms with E-state index in [0.717, 1.165) is 18.8 Å². The molecular weight excluding hydrogens is 342 g/mol. The van der Waals surface area contributed by atoms with Gasteiger partial charge in [-0.25, -0.2) is 4.98 Å². The lowest BCUT2D eigenvalue weighted by atomic mass is 10.2. The predicted molar refractivity (Wildman–Crippen MR) is 98.2 cm³/mol. The number of carbonyl (C=O) groups is 1. The number of halogens is 1. The summed E-state index contributed by atoms with van der Waals surface area (Å²) in [5.41, 5.74) is 1.85. The Morgan fingerprint density at radius 1 is 1.16 bits per heavy atom. The number of nitrogens with one attached hydrogen (secondary N) is 1. The Morgan fingerprint density at radius 2 is 1.88 bits per heavy atom. The highest BCUT2D eigenvalue weighted by Crippen LogP contribution is 2.36. The highest BCUT2D eigenvalue weighted by Gasteiger charge is 2.16. The lowest BCUT2D eigenvalue weighted by Crippen LogP contribution is -2.19. The predicted octanol–water partition coefficient (Wildman–Crippen LogP) is 3.60. The summed E-state index contributed by atoms with van der Waals surface area (Å²) in [6.45, 7) is 2.07. The lowest BCUT2D eigenvalue weighted by Gasteiger charge is -2.17. The molecule has 1 aliphatic heterocycles. The molecule has 6 nitrogen and oxygen atoms in total. The van der Waals surface area contributed by atoms with E-state index in [9.17, 15) is 4.79 Å². The standard InChI is InChI=1S/C18H20ClN3O3/c1-24-16-10-15(17(25-2)9-13(16)19)21-18(23)14-6-5-12(11-20-14)22-7-3-4-8-22/h5-6,9-11H,3-4,7-8H2,1-2H3,(H,21,23). The van der Waals surface area contributed by atoms with E-state index in [1.807, 2.05) is 6.07 Å². The van der Waals surface area contributed by atoms with Gasteiger partial charge in [0.1, 0.15) is 17.2 Å². The third-order valence-electron chi connectivity index (χ3n) is 4.17. The Morgan fingerprint density at radius 3 is 2.48 bits per heavy atom. The SMILES string of the molecule is COc1cc(NC(=O)c2ccc(N3CCCC3)cn2)c(OC)cc1Cl. The van der Waals surface area contributed by atoms with Crippen LogP contribution in [0.1, 0.15) is 23.3 Å². The van der Waals surface area contributed by atoms with E-state index in [2.05, 4.69) is 15.2 Å². The van der Waals surface area contributed by atoms with Gasteiger partial charge in [0.25, 0.3) is 5.91 Å². The number of methoxy groups -OCH3 is 2. The van der Waals surface area contributed by atoms with Crippen LogP contribution in [0.4, 0.5) is 11.4 Å². The number of hydrogen-bond donors (Lipinski definition) is 1. The van der Waals surface area contributed by atoms with Gasteiger partial charge in [0.05, 0.1) is 36.8 Å². The van der Waals surface area contributed by atoms with Gasteiger partial charge >= 0.3 is 0 Å². The molecule has 1 saturated heterocycles. The van der Waals surface area contributed by atoms with Crippen molar-refractivity contribution < 1.29 is 14.3 Å². The zero-order chi connectivity index (χ0) is 17.8. The molecule has 2 aromatic rings. The third-order valence-corrected chi connectivity index (χ3v) is 4.47. The van der Waals surface area contributed by atoms with Crippen molar-refractivity contribution >= 4 is 28.9 Å². The van der Waals surface area contributed by atoms with E-state index in [1.54, 1.807) is 24.4 Å². The molecule has 3 rings (SSSR count). The van der Waals surface area contributed by atoms with Crippen molar-refractivity contribution in [3.63, 3.8) is 0 Å². The van der Waals surface area contributed by atoms with E-state index in [1.165, 1.54) is 27.1 Å². The second kappa shape index (κ2) is 7.61. The van der Waals surface area contributed by atoms with Crippen molar-refractivity contribution in [1.82, 2.24) is 4.98 Å². The van der Waals surface area contributed by atoms with E-state index in [-0.39, 0.29) is 5.91 Å². The molecule has 1 N–H and O–H groups in total. The van der Waals surface area contributed by atoms with Crippen LogP contribution in [-0.2, 0) is 0 Å². The molecule has 1 fully saturated rings. The van der Waals surface area contributed by atoms with Crippen LogP contribution in [0.3, 0.4) is 0 Å². The van der Waals surface area contributed by atoms with Crippen molar-refractivity contribution in [3.8, 4) is 11.5 Å². The van der Waals surface area contributed by atoms with Gasteiger partial charge in [-0.05, 0) is 25.0 Å². The number of benzene rings is 1. The first kappa shape index (κ1) is 17.4. The highest BCUT2D eigenvalue weighted by molar-refractivity contribution is 6.32. The molecule has 0 saturated carbocycles. The van der Waals surface area contributed by atoms with Crippen LogP contribution in [-0.4, -0.2) is 38.2 Å². The van der Waals surface area contributed by atoms with Crippen LogP contribution in [0.2, 0.25) is 5.02 Å².